The third-order valence-corrected chi connectivity index (χ3v) is 5.39. The van der Waals surface area contributed by atoms with Crippen LogP contribution in [-0.2, 0) is 12.8 Å². The van der Waals surface area contributed by atoms with Gasteiger partial charge >= 0.3 is 0 Å². The predicted octanol–water partition coefficient (Wildman–Crippen LogP) is 6.19. The van der Waals surface area contributed by atoms with Crippen LogP contribution >= 0.6 is 0 Å². The van der Waals surface area contributed by atoms with Crippen molar-refractivity contribution >= 4 is 29.3 Å². The van der Waals surface area contributed by atoms with E-state index in [1.165, 1.54) is 5.56 Å². The van der Waals surface area contributed by atoms with E-state index < -0.39 is 0 Å². The minimum absolute atomic E-state index is 0.465. The monoisotopic (exact) mass is 467 g/mol. The molecule has 0 atom stereocenters. The van der Waals surface area contributed by atoms with Crippen LogP contribution in [0.25, 0.3) is 6.08 Å². The summed E-state index contributed by atoms with van der Waals surface area (Å²) < 4.78 is 10.7. The Morgan fingerprint density at radius 1 is 0.743 bits per heavy atom. The molecule has 0 radical (unpaired) electrons. The summed E-state index contributed by atoms with van der Waals surface area (Å²) >= 11 is 0. The number of nitrogens with one attached hydrogen (secondary N) is 2. The first-order valence-electron chi connectivity index (χ1n) is 11.4. The Kier molecular flexibility index (Phi) is 7.91. The molecule has 0 unspecified atom stereocenters. The molecule has 0 saturated heterocycles. The quantitative estimate of drug-likeness (QED) is 0.272. The molecule has 0 aliphatic heterocycles. The van der Waals surface area contributed by atoms with Gasteiger partial charge in [0, 0.05) is 23.9 Å². The number of rotatable bonds is 11. The van der Waals surface area contributed by atoms with E-state index in [2.05, 4.69) is 44.3 Å². The van der Waals surface area contributed by atoms with E-state index >= 15 is 0 Å². The van der Waals surface area contributed by atoms with Crippen molar-refractivity contribution in [2.75, 3.05) is 24.9 Å². The molecule has 0 amide bonds. The molecule has 178 valence electrons. The molecule has 7 nitrogen and oxygen atoms in total. The molecule has 4 aromatic rings. The van der Waals surface area contributed by atoms with Crippen molar-refractivity contribution in [2.45, 2.75) is 19.3 Å². The summed E-state index contributed by atoms with van der Waals surface area (Å²) in [6.07, 6.45) is 4.29. The number of hydrogen-bond acceptors (Lipinski definition) is 7. The van der Waals surface area contributed by atoms with Gasteiger partial charge in [-0.25, -0.2) is 0 Å². The maximum absolute atomic E-state index is 5.33. The average molecular weight is 468 g/mol. The second kappa shape index (κ2) is 11.7. The van der Waals surface area contributed by atoms with E-state index in [4.69, 9.17) is 9.47 Å². The molecule has 4 rings (SSSR count). The Morgan fingerprint density at radius 3 is 2.06 bits per heavy atom. The molecular weight excluding hydrogens is 438 g/mol. The van der Waals surface area contributed by atoms with Crippen LogP contribution in [0.1, 0.15) is 23.4 Å². The largest absolute Gasteiger partial charge is 0.497 e. The summed E-state index contributed by atoms with van der Waals surface area (Å²) in [5, 5.41) is 6.58. The van der Waals surface area contributed by atoms with Crippen LogP contribution in [0.4, 0.5) is 23.3 Å². The molecule has 0 spiro atoms. The highest BCUT2D eigenvalue weighted by molar-refractivity contribution is 5.62. The topological polar surface area (TPSA) is 81.2 Å². The minimum atomic E-state index is 0.465. The van der Waals surface area contributed by atoms with Gasteiger partial charge in [0.2, 0.25) is 11.9 Å². The Hall–Kier alpha value is -4.39. The number of aromatic nitrogens is 3. The first-order valence-corrected chi connectivity index (χ1v) is 11.4. The lowest BCUT2D eigenvalue weighted by Crippen LogP contribution is -2.08. The van der Waals surface area contributed by atoms with Crippen LogP contribution in [0.3, 0.4) is 0 Å². The van der Waals surface area contributed by atoms with Gasteiger partial charge in [0.25, 0.3) is 0 Å². The van der Waals surface area contributed by atoms with E-state index in [0.29, 0.717) is 24.1 Å². The van der Waals surface area contributed by atoms with Gasteiger partial charge < -0.3 is 20.1 Å². The summed E-state index contributed by atoms with van der Waals surface area (Å²) in [4.78, 5) is 13.9. The van der Waals surface area contributed by atoms with Gasteiger partial charge in [-0.1, -0.05) is 43.0 Å². The smallest absolute Gasteiger partial charge is 0.232 e. The van der Waals surface area contributed by atoms with Gasteiger partial charge in [-0.05, 0) is 60.4 Å². The molecule has 2 N–H and O–H groups in total. The van der Waals surface area contributed by atoms with Crippen molar-refractivity contribution in [3.05, 3.63) is 96.3 Å². The standard InChI is InChI=1S/C28H29N5O2/c1-4-20-9-5-12-22(17-20)29-27-31-26(16-7-11-21-10-6-14-24(18-21)34-2)32-28(33-27)30-23-13-8-15-25(19-23)35-3/h4-6,8-10,12-15,17-19H,1,7,11,16H2,2-3H3,(H2,29,30,31,32,33). The SMILES string of the molecule is C=Cc1cccc(Nc2nc(CCCc3cccc(OC)c3)nc(Nc3cccc(OC)c3)n2)c1. The Morgan fingerprint density at radius 2 is 1.37 bits per heavy atom. The van der Waals surface area contributed by atoms with Crippen LogP contribution in [0, 0.1) is 0 Å². The minimum Gasteiger partial charge on any atom is -0.497 e. The van der Waals surface area contributed by atoms with Gasteiger partial charge in [-0.15, -0.1) is 0 Å². The summed E-state index contributed by atoms with van der Waals surface area (Å²) in [7, 11) is 3.32. The van der Waals surface area contributed by atoms with Gasteiger partial charge in [0.1, 0.15) is 17.3 Å². The van der Waals surface area contributed by atoms with Crippen molar-refractivity contribution < 1.29 is 9.47 Å². The van der Waals surface area contributed by atoms with E-state index in [-0.39, 0.29) is 0 Å². The van der Waals surface area contributed by atoms with Gasteiger partial charge in [-0.2, -0.15) is 15.0 Å². The van der Waals surface area contributed by atoms with Gasteiger partial charge in [0.15, 0.2) is 0 Å². The fourth-order valence-electron chi connectivity index (χ4n) is 3.62. The molecule has 7 heteroatoms. The number of methoxy groups -OCH3 is 2. The summed E-state index contributed by atoms with van der Waals surface area (Å²) in [6, 6.07) is 23.7. The number of nitrogens with zero attached hydrogens (tertiary/aromatic N) is 3. The second-order valence-corrected chi connectivity index (χ2v) is 7.92. The zero-order valence-electron chi connectivity index (χ0n) is 20.0. The lowest BCUT2D eigenvalue weighted by Gasteiger charge is -2.11. The number of hydrogen-bond donors (Lipinski definition) is 2. The van der Waals surface area contributed by atoms with Crippen LogP contribution in [0.2, 0.25) is 0 Å². The summed E-state index contributed by atoms with van der Waals surface area (Å²) in [5.41, 5.74) is 3.94. The molecule has 35 heavy (non-hydrogen) atoms. The Labute approximate surface area is 205 Å². The molecule has 0 aliphatic carbocycles. The van der Waals surface area contributed by atoms with Crippen LogP contribution in [0.15, 0.2) is 79.4 Å². The highest BCUT2D eigenvalue weighted by atomic mass is 16.5. The first-order chi connectivity index (χ1) is 17.1. The molecule has 1 heterocycles. The molecule has 0 bridgehead atoms. The third-order valence-electron chi connectivity index (χ3n) is 5.39. The Bertz CT molecular complexity index is 1290. The van der Waals surface area contributed by atoms with Crippen molar-refractivity contribution in [3.8, 4) is 11.5 Å². The molecule has 3 aromatic carbocycles. The van der Waals surface area contributed by atoms with Crippen molar-refractivity contribution in [2.24, 2.45) is 0 Å². The molecule has 0 saturated carbocycles. The van der Waals surface area contributed by atoms with E-state index in [9.17, 15) is 0 Å². The first kappa shape index (κ1) is 23.8. The lowest BCUT2D eigenvalue weighted by molar-refractivity contribution is 0.414. The zero-order chi connectivity index (χ0) is 24.5. The maximum atomic E-state index is 5.33. The fourth-order valence-corrected chi connectivity index (χ4v) is 3.62. The number of benzene rings is 3. The fraction of sp³-hybridized carbons (Fsp3) is 0.179. The molecule has 1 aromatic heterocycles. The highest BCUT2D eigenvalue weighted by Gasteiger charge is 2.09. The number of aryl methyl sites for hydroxylation is 2. The highest BCUT2D eigenvalue weighted by Crippen LogP contribution is 2.22. The van der Waals surface area contributed by atoms with Crippen LogP contribution in [-0.4, -0.2) is 29.2 Å². The maximum Gasteiger partial charge on any atom is 0.232 e. The number of anilines is 4. The molecule has 0 fully saturated rings. The predicted molar refractivity (Wildman–Crippen MR) is 141 cm³/mol. The Balaban J connectivity index is 1.55. The van der Waals surface area contributed by atoms with Crippen molar-refractivity contribution in [1.82, 2.24) is 15.0 Å². The van der Waals surface area contributed by atoms with Gasteiger partial charge in [-0.3, -0.25) is 0 Å². The molecule has 0 aliphatic rings. The van der Waals surface area contributed by atoms with Gasteiger partial charge in [0.05, 0.1) is 14.2 Å². The van der Waals surface area contributed by atoms with E-state index in [1.807, 2.05) is 60.7 Å². The zero-order valence-corrected chi connectivity index (χ0v) is 20.0. The summed E-state index contributed by atoms with van der Waals surface area (Å²) in [6.45, 7) is 3.84. The lowest BCUT2D eigenvalue weighted by atomic mass is 10.1. The third kappa shape index (κ3) is 6.80. The average Bonchev–Trinajstić information content (AvgIpc) is 2.89. The van der Waals surface area contributed by atoms with E-state index in [0.717, 1.165) is 41.3 Å². The second-order valence-electron chi connectivity index (χ2n) is 7.92. The molecular formula is C28H29N5O2. The van der Waals surface area contributed by atoms with E-state index in [1.54, 1.807) is 20.3 Å². The summed E-state index contributed by atoms with van der Waals surface area (Å²) in [5.74, 6) is 3.26. The van der Waals surface area contributed by atoms with Crippen LogP contribution < -0.4 is 20.1 Å². The van der Waals surface area contributed by atoms with Crippen molar-refractivity contribution in [1.29, 1.82) is 0 Å². The van der Waals surface area contributed by atoms with Crippen LogP contribution in [0.5, 0.6) is 11.5 Å². The van der Waals surface area contributed by atoms with Crippen molar-refractivity contribution in [3.63, 3.8) is 0 Å². The normalized spacial score (nSPS) is 10.5. The number of ether oxygens (including phenoxy) is 2.